The summed E-state index contributed by atoms with van der Waals surface area (Å²) in [6.07, 6.45) is 1.64. The Hall–Kier alpha value is -1.65. The minimum Gasteiger partial charge on any atom is -0.492 e. The Morgan fingerprint density at radius 1 is 1.30 bits per heavy atom. The highest BCUT2D eigenvalue weighted by atomic mass is 79.9. The molecule has 0 atom stereocenters. The number of carbonyl (C=O) groups excluding carboxylic acids is 2. The fourth-order valence-corrected chi connectivity index (χ4v) is 3.19. The van der Waals surface area contributed by atoms with Crippen molar-refractivity contribution in [1.82, 2.24) is 15.6 Å². The second-order valence-electron chi connectivity index (χ2n) is 4.83. The molecule has 1 aromatic rings. The molecule has 0 heterocycles. The van der Waals surface area contributed by atoms with Crippen molar-refractivity contribution in [3.8, 4) is 5.75 Å². The molecule has 0 bridgehead atoms. The molecule has 0 aromatic heterocycles. The van der Waals surface area contributed by atoms with Gasteiger partial charge in [0.05, 0.1) is 6.61 Å². The van der Waals surface area contributed by atoms with Crippen molar-refractivity contribution in [2.75, 3.05) is 6.61 Å². The Labute approximate surface area is 142 Å². The number of hydrazine groups is 1. The molecule has 1 aromatic carbocycles. The van der Waals surface area contributed by atoms with Gasteiger partial charge in [0.15, 0.2) is 0 Å². The highest BCUT2D eigenvalue weighted by molar-refractivity contribution is 9.10. The van der Waals surface area contributed by atoms with Crippen LogP contribution >= 0.6 is 15.9 Å². The normalized spacial score (nSPS) is 14.2. The summed E-state index contributed by atoms with van der Waals surface area (Å²) in [5, 5.41) is 2.45. The molecule has 0 saturated heterocycles. The predicted octanol–water partition coefficient (Wildman–Crippen LogP) is 0.436. The summed E-state index contributed by atoms with van der Waals surface area (Å²) in [6, 6.07) is 4.46. The minimum absolute atomic E-state index is 0.000470. The summed E-state index contributed by atoms with van der Waals surface area (Å²) in [5.41, 5.74) is 1.88. The SMILES string of the molecule is CCOc1ccc(Br)cc1S(=O)(=O)NNC(=O)C(=O)NC1CC1. The van der Waals surface area contributed by atoms with E-state index in [9.17, 15) is 18.0 Å². The van der Waals surface area contributed by atoms with Crippen LogP contribution in [-0.4, -0.2) is 32.9 Å². The zero-order chi connectivity index (χ0) is 17.0. The van der Waals surface area contributed by atoms with Gasteiger partial charge >= 0.3 is 11.8 Å². The summed E-state index contributed by atoms with van der Waals surface area (Å²) in [6.45, 7) is 2.00. The lowest BCUT2D eigenvalue weighted by Crippen LogP contribution is -2.48. The number of hydrogen-bond donors (Lipinski definition) is 3. The number of hydrogen-bond acceptors (Lipinski definition) is 5. The van der Waals surface area contributed by atoms with Crippen molar-refractivity contribution < 1.29 is 22.7 Å². The van der Waals surface area contributed by atoms with Gasteiger partial charge in [-0.2, -0.15) is 0 Å². The Morgan fingerprint density at radius 3 is 2.61 bits per heavy atom. The Bertz CT molecular complexity index is 718. The quantitative estimate of drug-likeness (QED) is 0.469. The van der Waals surface area contributed by atoms with E-state index >= 15 is 0 Å². The van der Waals surface area contributed by atoms with Gasteiger partial charge in [0.25, 0.3) is 10.0 Å². The van der Waals surface area contributed by atoms with Crippen LogP contribution in [0.15, 0.2) is 27.6 Å². The molecule has 1 fully saturated rings. The van der Waals surface area contributed by atoms with Gasteiger partial charge in [0.2, 0.25) is 0 Å². The fourth-order valence-electron chi connectivity index (χ4n) is 1.67. The van der Waals surface area contributed by atoms with Gasteiger partial charge in [-0.05, 0) is 38.0 Å². The molecule has 10 heteroatoms. The molecule has 0 spiro atoms. The van der Waals surface area contributed by atoms with Crippen LogP contribution in [0.2, 0.25) is 0 Å². The Balaban J connectivity index is 2.07. The maximum Gasteiger partial charge on any atom is 0.324 e. The average Bonchev–Trinajstić information content (AvgIpc) is 3.30. The first-order chi connectivity index (χ1) is 10.8. The maximum atomic E-state index is 12.3. The van der Waals surface area contributed by atoms with E-state index in [1.54, 1.807) is 13.0 Å². The Morgan fingerprint density at radius 2 is 2.00 bits per heavy atom. The van der Waals surface area contributed by atoms with Crippen LogP contribution in [0.1, 0.15) is 19.8 Å². The molecule has 126 valence electrons. The molecule has 23 heavy (non-hydrogen) atoms. The van der Waals surface area contributed by atoms with E-state index in [1.165, 1.54) is 12.1 Å². The molecule has 8 nitrogen and oxygen atoms in total. The van der Waals surface area contributed by atoms with Crippen molar-refractivity contribution in [2.24, 2.45) is 0 Å². The third-order valence-electron chi connectivity index (χ3n) is 2.91. The first-order valence-electron chi connectivity index (χ1n) is 6.88. The van der Waals surface area contributed by atoms with Gasteiger partial charge in [-0.25, -0.2) is 8.42 Å². The van der Waals surface area contributed by atoms with Gasteiger partial charge in [0, 0.05) is 10.5 Å². The highest BCUT2D eigenvalue weighted by Gasteiger charge is 2.27. The summed E-state index contributed by atoms with van der Waals surface area (Å²) in [4.78, 5) is 24.8. The number of nitrogens with one attached hydrogen (secondary N) is 3. The van der Waals surface area contributed by atoms with Crippen LogP contribution in [0.3, 0.4) is 0 Å². The lowest BCUT2D eigenvalue weighted by atomic mass is 10.3. The molecule has 1 saturated carbocycles. The van der Waals surface area contributed by atoms with Gasteiger partial charge in [-0.15, -0.1) is 4.83 Å². The lowest BCUT2D eigenvalue weighted by molar-refractivity contribution is -0.139. The zero-order valence-corrected chi connectivity index (χ0v) is 14.7. The number of amides is 2. The second kappa shape index (κ2) is 7.28. The van der Waals surface area contributed by atoms with Crippen LogP contribution in [0.4, 0.5) is 0 Å². The number of benzene rings is 1. The van der Waals surface area contributed by atoms with Gasteiger partial charge in [-0.1, -0.05) is 15.9 Å². The third kappa shape index (κ3) is 4.91. The van der Waals surface area contributed by atoms with Crippen molar-refractivity contribution in [3.63, 3.8) is 0 Å². The van der Waals surface area contributed by atoms with Gasteiger partial charge in [-0.3, -0.25) is 15.0 Å². The lowest BCUT2D eigenvalue weighted by Gasteiger charge is -2.12. The van der Waals surface area contributed by atoms with Crippen molar-refractivity contribution in [2.45, 2.75) is 30.7 Å². The first kappa shape index (κ1) is 17.7. The summed E-state index contributed by atoms with van der Waals surface area (Å²) < 4.78 is 30.4. The van der Waals surface area contributed by atoms with Crippen LogP contribution in [0.5, 0.6) is 5.75 Å². The molecular formula is C13H16BrN3O5S. The van der Waals surface area contributed by atoms with Crippen LogP contribution < -0.4 is 20.3 Å². The predicted molar refractivity (Wildman–Crippen MR) is 84.9 cm³/mol. The number of sulfonamides is 1. The molecule has 1 aliphatic carbocycles. The molecule has 3 N–H and O–H groups in total. The van der Waals surface area contributed by atoms with Gasteiger partial charge < -0.3 is 10.1 Å². The highest BCUT2D eigenvalue weighted by Crippen LogP contribution is 2.27. The maximum absolute atomic E-state index is 12.3. The average molecular weight is 406 g/mol. The zero-order valence-electron chi connectivity index (χ0n) is 12.3. The van der Waals surface area contributed by atoms with E-state index in [-0.39, 0.29) is 23.3 Å². The first-order valence-corrected chi connectivity index (χ1v) is 9.16. The van der Waals surface area contributed by atoms with E-state index in [0.717, 1.165) is 12.8 Å². The molecule has 1 aliphatic rings. The number of carbonyl (C=O) groups is 2. The van der Waals surface area contributed by atoms with Crippen molar-refractivity contribution in [1.29, 1.82) is 0 Å². The fraction of sp³-hybridized carbons (Fsp3) is 0.385. The Kier molecular flexibility index (Phi) is 5.60. The van der Waals surface area contributed by atoms with E-state index in [2.05, 4.69) is 21.2 Å². The standard InChI is InChI=1S/C13H16BrN3O5S/c1-2-22-10-6-3-8(14)7-11(10)23(20,21)17-16-13(19)12(18)15-9-4-5-9/h3,6-7,9,17H,2,4-5H2,1H3,(H,15,18)(H,16,19). The summed E-state index contributed by atoms with van der Waals surface area (Å²) in [5.74, 6) is -1.82. The number of halogens is 1. The van der Waals surface area contributed by atoms with Crippen molar-refractivity contribution in [3.05, 3.63) is 22.7 Å². The van der Waals surface area contributed by atoms with Crippen LogP contribution in [0, 0.1) is 0 Å². The molecule has 0 aliphatic heterocycles. The van der Waals surface area contributed by atoms with Crippen molar-refractivity contribution >= 4 is 37.8 Å². The minimum atomic E-state index is -4.09. The van der Waals surface area contributed by atoms with E-state index < -0.39 is 21.8 Å². The van der Waals surface area contributed by atoms with E-state index in [0.29, 0.717) is 4.47 Å². The summed E-state index contributed by atoms with van der Waals surface area (Å²) >= 11 is 3.18. The summed E-state index contributed by atoms with van der Waals surface area (Å²) in [7, 11) is -4.09. The third-order valence-corrected chi connectivity index (χ3v) is 4.67. The molecule has 0 unspecified atom stereocenters. The van der Waals surface area contributed by atoms with Crippen LogP contribution in [0.25, 0.3) is 0 Å². The van der Waals surface area contributed by atoms with E-state index in [1.807, 2.05) is 10.3 Å². The second-order valence-corrected chi connectivity index (χ2v) is 7.40. The largest absolute Gasteiger partial charge is 0.492 e. The van der Waals surface area contributed by atoms with E-state index in [4.69, 9.17) is 4.74 Å². The molecule has 2 amide bonds. The van der Waals surface area contributed by atoms with Crippen LogP contribution in [-0.2, 0) is 19.6 Å². The number of ether oxygens (including phenoxy) is 1. The molecule has 0 radical (unpaired) electrons. The number of rotatable bonds is 6. The topological polar surface area (TPSA) is 114 Å². The molecular weight excluding hydrogens is 390 g/mol. The van der Waals surface area contributed by atoms with Gasteiger partial charge in [0.1, 0.15) is 10.6 Å². The molecule has 2 rings (SSSR count). The monoisotopic (exact) mass is 405 g/mol. The smallest absolute Gasteiger partial charge is 0.324 e.